The van der Waals surface area contributed by atoms with Crippen molar-refractivity contribution in [3.05, 3.63) is 30.1 Å². The van der Waals surface area contributed by atoms with Gasteiger partial charge in [0.15, 0.2) is 0 Å². The molecule has 76 valence electrons. The van der Waals surface area contributed by atoms with Gasteiger partial charge < -0.3 is 10.4 Å². The molecule has 2 rings (SSSR count). The molecule has 0 aliphatic carbocycles. The Morgan fingerprint density at radius 3 is 3.14 bits per heavy atom. The van der Waals surface area contributed by atoms with Crippen molar-refractivity contribution in [2.75, 3.05) is 13.2 Å². The maximum Gasteiger partial charge on any atom is 0.0584 e. The number of rotatable bonds is 2. The number of piperidine rings is 1. The molecule has 2 N–H and O–H groups in total. The van der Waals surface area contributed by atoms with Gasteiger partial charge in [-0.1, -0.05) is 6.07 Å². The molecule has 0 aromatic carbocycles. The van der Waals surface area contributed by atoms with Gasteiger partial charge >= 0.3 is 0 Å². The molecule has 1 aromatic heterocycles. The Labute approximate surface area is 84.2 Å². The normalized spacial score (nSPS) is 27.5. The van der Waals surface area contributed by atoms with Gasteiger partial charge in [-0.15, -0.1) is 0 Å². The Bertz CT molecular complexity index is 276. The fourth-order valence-corrected chi connectivity index (χ4v) is 2.03. The minimum atomic E-state index is 0.226. The van der Waals surface area contributed by atoms with E-state index in [1.807, 2.05) is 18.3 Å². The van der Waals surface area contributed by atoms with Crippen LogP contribution in [0.1, 0.15) is 24.5 Å². The molecule has 0 amide bonds. The van der Waals surface area contributed by atoms with Crippen molar-refractivity contribution < 1.29 is 5.11 Å². The maximum atomic E-state index is 9.07. The molecule has 1 aliphatic rings. The third-order valence-electron chi connectivity index (χ3n) is 2.82. The zero-order valence-corrected chi connectivity index (χ0v) is 8.19. The van der Waals surface area contributed by atoms with E-state index in [9.17, 15) is 0 Å². The average molecular weight is 192 g/mol. The lowest BCUT2D eigenvalue weighted by atomic mass is 9.90. The van der Waals surface area contributed by atoms with E-state index in [2.05, 4.69) is 16.4 Å². The Hall–Kier alpha value is -0.930. The summed E-state index contributed by atoms with van der Waals surface area (Å²) in [6.07, 6.45) is 3.95. The van der Waals surface area contributed by atoms with Crippen molar-refractivity contribution in [1.82, 2.24) is 10.3 Å². The first kappa shape index (κ1) is 9.62. The van der Waals surface area contributed by atoms with Gasteiger partial charge in [-0.2, -0.15) is 0 Å². The van der Waals surface area contributed by atoms with Crippen LogP contribution in [-0.4, -0.2) is 29.3 Å². The van der Waals surface area contributed by atoms with Crippen LogP contribution in [0, 0.1) is 0 Å². The van der Waals surface area contributed by atoms with E-state index >= 15 is 0 Å². The Morgan fingerprint density at radius 1 is 1.50 bits per heavy atom. The van der Waals surface area contributed by atoms with Crippen LogP contribution < -0.4 is 5.32 Å². The van der Waals surface area contributed by atoms with Crippen molar-refractivity contribution in [3.63, 3.8) is 0 Å². The molecule has 0 spiro atoms. The summed E-state index contributed by atoms with van der Waals surface area (Å²) >= 11 is 0. The van der Waals surface area contributed by atoms with E-state index < -0.39 is 0 Å². The Kier molecular flexibility index (Phi) is 3.11. The quantitative estimate of drug-likeness (QED) is 0.732. The van der Waals surface area contributed by atoms with Crippen LogP contribution in [-0.2, 0) is 0 Å². The highest BCUT2D eigenvalue weighted by Gasteiger charge is 2.22. The van der Waals surface area contributed by atoms with E-state index in [1.165, 1.54) is 0 Å². The second kappa shape index (κ2) is 4.53. The Balaban J connectivity index is 2.04. The van der Waals surface area contributed by atoms with E-state index in [-0.39, 0.29) is 12.6 Å². The summed E-state index contributed by atoms with van der Waals surface area (Å²) in [5, 5.41) is 12.4. The number of nitrogens with one attached hydrogen (secondary N) is 1. The van der Waals surface area contributed by atoms with Gasteiger partial charge in [-0.05, 0) is 31.5 Å². The molecule has 0 radical (unpaired) electrons. The first-order valence-corrected chi connectivity index (χ1v) is 5.15. The molecule has 1 fully saturated rings. The van der Waals surface area contributed by atoms with Gasteiger partial charge in [0.25, 0.3) is 0 Å². The summed E-state index contributed by atoms with van der Waals surface area (Å²) in [4.78, 5) is 4.36. The van der Waals surface area contributed by atoms with E-state index in [4.69, 9.17) is 5.11 Å². The lowest BCUT2D eigenvalue weighted by Gasteiger charge is -2.28. The van der Waals surface area contributed by atoms with Crippen molar-refractivity contribution in [2.24, 2.45) is 0 Å². The molecule has 2 heterocycles. The largest absolute Gasteiger partial charge is 0.395 e. The summed E-state index contributed by atoms with van der Waals surface area (Å²) in [6, 6.07) is 6.28. The third-order valence-corrected chi connectivity index (χ3v) is 2.82. The second-order valence-corrected chi connectivity index (χ2v) is 3.81. The first-order chi connectivity index (χ1) is 6.90. The number of aromatic nitrogens is 1. The lowest BCUT2D eigenvalue weighted by molar-refractivity contribution is 0.209. The summed E-state index contributed by atoms with van der Waals surface area (Å²) in [5.74, 6) is 0.509. The highest BCUT2D eigenvalue weighted by molar-refractivity contribution is 5.11. The third kappa shape index (κ3) is 2.11. The molecule has 3 heteroatoms. The summed E-state index contributed by atoms with van der Waals surface area (Å²) in [7, 11) is 0. The highest BCUT2D eigenvalue weighted by atomic mass is 16.3. The number of aliphatic hydroxyl groups is 1. The molecule has 2 unspecified atom stereocenters. The van der Waals surface area contributed by atoms with Gasteiger partial charge in [0.05, 0.1) is 6.61 Å². The molecular weight excluding hydrogens is 176 g/mol. The average Bonchev–Trinajstić information content (AvgIpc) is 2.30. The predicted octanol–water partition coefficient (Wildman–Crippen LogP) is 0.909. The standard InChI is InChI=1S/C11H16N2O/c14-8-10-7-9(4-6-12-10)11-3-1-2-5-13-11/h1-3,5,9-10,12,14H,4,6-8H2. The van der Waals surface area contributed by atoms with Crippen LogP contribution in [0.5, 0.6) is 0 Å². The lowest BCUT2D eigenvalue weighted by Crippen LogP contribution is -2.39. The van der Waals surface area contributed by atoms with Crippen LogP contribution in [0.2, 0.25) is 0 Å². The number of aliphatic hydroxyl groups excluding tert-OH is 1. The topological polar surface area (TPSA) is 45.2 Å². The molecule has 1 aliphatic heterocycles. The Morgan fingerprint density at radius 2 is 2.43 bits per heavy atom. The molecule has 3 nitrogen and oxygen atoms in total. The van der Waals surface area contributed by atoms with Gasteiger partial charge in [0, 0.05) is 23.9 Å². The maximum absolute atomic E-state index is 9.07. The van der Waals surface area contributed by atoms with Crippen molar-refractivity contribution in [3.8, 4) is 0 Å². The smallest absolute Gasteiger partial charge is 0.0584 e. The zero-order valence-electron chi connectivity index (χ0n) is 8.19. The molecular formula is C11H16N2O. The van der Waals surface area contributed by atoms with E-state index in [1.54, 1.807) is 0 Å². The van der Waals surface area contributed by atoms with Crippen molar-refractivity contribution in [1.29, 1.82) is 0 Å². The molecule has 2 atom stereocenters. The monoisotopic (exact) mass is 192 g/mol. The molecule has 1 saturated heterocycles. The molecule has 0 bridgehead atoms. The van der Waals surface area contributed by atoms with Gasteiger partial charge in [0.2, 0.25) is 0 Å². The SMILES string of the molecule is OCC1CC(c2ccccn2)CCN1. The molecule has 14 heavy (non-hydrogen) atoms. The van der Waals surface area contributed by atoms with Crippen LogP contribution in [0.4, 0.5) is 0 Å². The zero-order chi connectivity index (χ0) is 9.80. The van der Waals surface area contributed by atoms with Crippen LogP contribution in [0.25, 0.3) is 0 Å². The van der Waals surface area contributed by atoms with Gasteiger partial charge in [-0.25, -0.2) is 0 Å². The first-order valence-electron chi connectivity index (χ1n) is 5.15. The molecule has 1 aromatic rings. The fourth-order valence-electron chi connectivity index (χ4n) is 2.03. The minimum Gasteiger partial charge on any atom is -0.395 e. The fraction of sp³-hybridized carbons (Fsp3) is 0.545. The number of nitrogens with zero attached hydrogens (tertiary/aromatic N) is 1. The second-order valence-electron chi connectivity index (χ2n) is 3.81. The summed E-state index contributed by atoms with van der Waals surface area (Å²) in [6.45, 7) is 1.20. The summed E-state index contributed by atoms with van der Waals surface area (Å²) < 4.78 is 0. The van der Waals surface area contributed by atoms with Gasteiger partial charge in [-0.3, -0.25) is 4.98 Å². The van der Waals surface area contributed by atoms with Crippen LogP contribution in [0.3, 0.4) is 0 Å². The van der Waals surface area contributed by atoms with Gasteiger partial charge in [0.1, 0.15) is 0 Å². The van der Waals surface area contributed by atoms with Crippen LogP contribution >= 0.6 is 0 Å². The summed E-state index contributed by atoms with van der Waals surface area (Å²) in [5.41, 5.74) is 1.16. The molecule has 0 saturated carbocycles. The number of hydrogen-bond acceptors (Lipinski definition) is 3. The number of pyridine rings is 1. The van der Waals surface area contributed by atoms with E-state index in [0.717, 1.165) is 25.1 Å². The van der Waals surface area contributed by atoms with Crippen LogP contribution in [0.15, 0.2) is 24.4 Å². The number of hydrogen-bond donors (Lipinski definition) is 2. The van der Waals surface area contributed by atoms with Crippen molar-refractivity contribution >= 4 is 0 Å². The van der Waals surface area contributed by atoms with E-state index in [0.29, 0.717) is 5.92 Å². The predicted molar refractivity (Wildman–Crippen MR) is 55.1 cm³/mol. The highest BCUT2D eigenvalue weighted by Crippen LogP contribution is 2.25. The van der Waals surface area contributed by atoms with Crippen molar-refractivity contribution in [2.45, 2.75) is 24.8 Å². The minimum absolute atomic E-state index is 0.226.